The fourth-order valence-corrected chi connectivity index (χ4v) is 1.55. The molecule has 80 valence electrons. The van der Waals surface area contributed by atoms with E-state index in [2.05, 4.69) is 20.8 Å². The van der Waals surface area contributed by atoms with Gasteiger partial charge in [-0.1, -0.05) is 33.6 Å². The molecule has 13 heavy (non-hydrogen) atoms. The van der Waals surface area contributed by atoms with E-state index in [1.165, 1.54) is 0 Å². The fraction of sp³-hybridized carbons (Fsp3) is 1.00. The molecule has 3 atom stereocenters. The lowest BCUT2D eigenvalue weighted by Gasteiger charge is -2.22. The van der Waals surface area contributed by atoms with Crippen molar-refractivity contribution in [1.29, 1.82) is 0 Å². The summed E-state index contributed by atoms with van der Waals surface area (Å²) < 4.78 is 0. The lowest BCUT2D eigenvalue weighted by Crippen LogP contribution is -2.25. The summed E-state index contributed by atoms with van der Waals surface area (Å²) in [5, 5.41) is 18.8. The first-order valence-electron chi connectivity index (χ1n) is 5.44. The van der Waals surface area contributed by atoms with Crippen LogP contribution in [0.15, 0.2) is 0 Å². The highest BCUT2D eigenvalue weighted by atomic mass is 16.3. The van der Waals surface area contributed by atoms with Gasteiger partial charge in [-0.25, -0.2) is 0 Å². The second-order valence-corrected chi connectivity index (χ2v) is 4.05. The Labute approximate surface area is 82.0 Å². The molecule has 0 rings (SSSR count). The van der Waals surface area contributed by atoms with E-state index in [0.29, 0.717) is 5.92 Å². The summed E-state index contributed by atoms with van der Waals surface area (Å²) in [6.45, 7) is 6.47. The van der Waals surface area contributed by atoms with Crippen molar-refractivity contribution < 1.29 is 10.2 Å². The molecule has 0 aliphatic heterocycles. The van der Waals surface area contributed by atoms with Gasteiger partial charge in [-0.15, -0.1) is 0 Å². The van der Waals surface area contributed by atoms with Crippen molar-refractivity contribution >= 4 is 0 Å². The van der Waals surface area contributed by atoms with Crippen LogP contribution in [0.3, 0.4) is 0 Å². The second-order valence-electron chi connectivity index (χ2n) is 4.05. The van der Waals surface area contributed by atoms with E-state index in [1.807, 2.05) is 0 Å². The quantitative estimate of drug-likeness (QED) is 0.643. The van der Waals surface area contributed by atoms with E-state index in [0.717, 1.165) is 25.7 Å². The summed E-state index contributed by atoms with van der Waals surface area (Å²) in [5.74, 6) is 0.639. The van der Waals surface area contributed by atoms with Crippen LogP contribution in [0.4, 0.5) is 0 Å². The Morgan fingerprint density at radius 3 is 2.23 bits per heavy atom. The van der Waals surface area contributed by atoms with Crippen molar-refractivity contribution in [3.8, 4) is 0 Å². The summed E-state index contributed by atoms with van der Waals surface area (Å²) in [4.78, 5) is 0. The highest BCUT2D eigenvalue weighted by Gasteiger charge is 2.18. The minimum Gasteiger partial charge on any atom is -0.396 e. The molecule has 0 radical (unpaired) electrons. The Bertz CT molecular complexity index is 115. The second kappa shape index (κ2) is 7.34. The Hall–Kier alpha value is -0.0800. The Morgan fingerprint density at radius 2 is 1.85 bits per heavy atom. The molecule has 0 saturated heterocycles. The highest BCUT2D eigenvalue weighted by molar-refractivity contribution is 4.69. The molecule has 0 amide bonds. The molecule has 0 aliphatic rings. The van der Waals surface area contributed by atoms with Crippen LogP contribution >= 0.6 is 0 Å². The minimum absolute atomic E-state index is 0.0824. The third-order valence-corrected chi connectivity index (χ3v) is 2.78. The average Bonchev–Trinajstić information content (AvgIpc) is 2.13. The predicted octanol–water partition coefficient (Wildman–Crippen LogP) is 2.19. The van der Waals surface area contributed by atoms with Crippen molar-refractivity contribution in [2.75, 3.05) is 6.61 Å². The summed E-state index contributed by atoms with van der Waals surface area (Å²) in [7, 11) is 0. The molecular formula is C11H24O2. The smallest absolute Gasteiger partial charge is 0.0592 e. The summed E-state index contributed by atoms with van der Waals surface area (Å²) in [6, 6.07) is 0. The third-order valence-electron chi connectivity index (χ3n) is 2.78. The zero-order valence-corrected chi connectivity index (χ0v) is 9.16. The molecule has 0 heterocycles. The molecule has 0 aromatic heterocycles. The van der Waals surface area contributed by atoms with E-state index in [-0.39, 0.29) is 18.6 Å². The van der Waals surface area contributed by atoms with Gasteiger partial charge in [-0.05, 0) is 18.8 Å². The van der Waals surface area contributed by atoms with Gasteiger partial charge in [-0.3, -0.25) is 0 Å². The molecule has 3 unspecified atom stereocenters. The molecule has 2 N–H and O–H groups in total. The molecule has 0 aromatic carbocycles. The van der Waals surface area contributed by atoms with Crippen molar-refractivity contribution in [3.63, 3.8) is 0 Å². The zero-order valence-electron chi connectivity index (χ0n) is 9.16. The molecular weight excluding hydrogens is 164 g/mol. The molecule has 2 nitrogen and oxygen atoms in total. The van der Waals surface area contributed by atoms with Crippen LogP contribution in [0, 0.1) is 11.8 Å². The molecule has 0 bridgehead atoms. The average molecular weight is 188 g/mol. The number of rotatable bonds is 7. The summed E-state index contributed by atoms with van der Waals surface area (Å²) >= 11 is 0. The predicted molar refractivity (Wildman–Crippen MR) is 55.6 cm³/mol. The number of aliphatic hydroxyl groups excluding tert-OH is 2. The van der Waals surface area contributed by atoms with Gasteiger partial charge in [0.05, 0.1) is 6.10 Å². The van der Waals surface area contributed by atoms with Gasteiger partial charge in [0.2, 0.25) is 0 Å². The zero-order chi connectivity index (χ0) is 10.3. The number of hydrogen-bond acceptors (Lipinski definition) is 2. The van der Waals surface area contributed by atoms with E-state index < -0.39 is 0 Å². The minimum atomic E-state index is -0.320. The van der Waals surface area contributed by atoms with Crippen LogP contribution in [0.1, 0.15) is 46.5 Å². The van der Waals surface area contributed by atoms with Crippen LogP contribution in [-0.4, -0.2) is 22.9 Å². The van der Waals surface area contributed by atoms with Gasteiger partial charge < -0.3 is 10.2 Å². The third kappa shape index (κ3) is 5.27. The molecule has 0 aromatic rings. The fourth-order valence-electron chi connectivity index (χ4n) is 1.55. The molecule has 0 aliphatic carbocycles. The van der Waals surface area contributed by atoms with Crippen LogP contribution in [-0.2, 0) is 0 Å². The Balaban J connectivity index is 3.82. The first kappa shape index (κ1) is 12.9. The SMILES string of the molecule is CCCC(CO)C(O)CC(C)CC. The van der Waals surface area contributed by atoms with E-state index in [9.17, 15) is 5.11 Å². The van der Waals surface area contributed by atoms with Crippen molar-refractivity contribution in [2.24, 2.45) is 11.8 Å². The normalized spacial score (nSPS) is 18.2. The van der Waals surface area contributed by atoms with Crippen molar-refractivity contribution in [1.82, 2.24) is 0 Å². The summed E-state index contributed by atoms with van der Waals surface area (Å²) in [6.07, 6.45) is 3.56. The molecule has 2 heteroatoms. The van der Waals surface area contributed by atoms with E-state index in [1.54, 1.807) is 0 Å². The summed E-state index contributed by atoms with van der Waals surface area (Å²) in [5.41, 5.74) is 0. The lowest BCUT2D eigenvalue weighted by atomic mass is 9.90. The van der Waals surface area contributed by atoms with Gasteiger partial charge in [0.25, 0.3) is 0 Å². The molecule has 0 saturated carbocycles. The maximum atomic E-state index is 9.78. The highest BCUT2D eigenvalue weighted by Crippen LogP contribution is 2.19. The van der Waals surface area contributed by atoms with Gasteiger partial charge >= 0.3 is 0 Å². The maximum absolute atomic E-state index is 9.78. The first-order valence-corrected chi connectivity index (χ1v) is 5.44. The van der Waals surface area contributed by atoms with Crippen LogP contribution in [0.2, 0.25) is 0 Å². The lowest BCUT2D eigenvalue weighted by molar-refractivity contribution is 0.0450. The van der Waals surface area contributed by atoms with Crippen LogP contribution < -0.4 is 0 Å². The monoisotopic (exact) mass is 188 g/mol. The van der Waals surface area contributed by atoms with Gasteiger partial charge in [0.1, 0.15) is 0 Å². The van der Waals surface area contributed by atoms with E-state index >= 15 is 0 Å². The first-order chi connectivity index (χ1) is 6.15. The van der Waals surface area contributed by atoms with Gasteiger partial charge in [0, 0.05) is 12.5 Å². The maximum Gasteiger partial charge on any atom is 0.0592 e. The van der Waals surface area contributed by atoms with Crippen molar-refractivity contribution in [3.05, 3.63) is 0 Å². The Kier molecular flexibility index (Phi) is 7.29. The van der Waals surface area contributed by atoms with E-state index in [4.69, 9.17) is 5.11 Å². The Morgan fingerprint density at radius 1 is 1.23 bits per heavy atom. The largest absolute Gasteiger partial charge is 0.396 e. The number of hydrogen-bond donors (Lipinski definition) is 2. The van der Waals surface area contributed by atoms with Gasteiger partial charge in [-0.2, -0.15) is 0 Å². The van der Waals surface area contributed by atoms with Crippen LogP contribution in [0.25, 0.3) is 0 Å². The topological polar surface area (TPSA) is 40.5 Å². The standard InChI is InChI=1S/C11H24O2/c1-4-6-10(8-12)11(13)7-9(3)5-2/h9-13H,4-8H2,1-3H3. The van der Waals surface area contributed by atoms with Crippen LogP contribution in [0.5, 0.6) is 0 Å². The van der Waals surface area contributed by atoms with Gasteiger partial charge in [0.15, 0.2) is 0 Å². The number of aliphatic hydroxyl groups is 2. The molecule has 0 fully saturated rings. The van der Waals surface area contributed by atoms with Crippen molar-refractivity contribution in [2.45, 2.75) is 52.6 Å². The molecule has 0 spiro atoms.